The fourth-order valence-corrected chi connectivity index (χ4v) is 1.85. The highest BCUT2D eigenvalue weighted by Crippen LogP contribution is 2.10. The highest BCUT2D eigenvalue weighted by atomic mass is 16.2. The molecule has 6 heteroatoms. The number of hydrogen-bond acceptors (Lipinski definition) is 3. The third-order valence-electron chi connectivity index (χ3n) is 2.64. The molecule has 0 spiro atoms. The van der Waals surface area contributed by atoms with Crippen LogP contribution in [0.1, 0.15) is 12.8 Å². The Morgan fingerprint density at radius 3 is 2.73 bits per heavy atom. The van der Waals surface area contributed by atoms with Crippen molar-refractivity contribution in [1.82, 2.24) is 15.5 Å². The molecule has 0 radical (unpaired) electrons. The summed E-state index contributed by atoms with van der Waals surface area (Å²) in [5, 5.41) is 5.25. The predicted octanol–water partition coefficient (Wildman–Crippen LogP) is -1.78. The molecule has 0 aromatic heterocycles. The largest absolute Gasteiger partial charge is 0.353 e. The van der Waals surface area contributed by atoms with Crippen molar-refractivity contribution in [3.8, 4) is 0 Å². The van der Waals surface area contributed by atoms with Crippen LogP contribution < -0.4 is 10.6 Å². The van der Waals surface area contributed by atoms with Crippen molar-refractivity contribution in [2.75, 3.05) is 19.6 Å². The SMILES string of the molecule is O=C1CN(C(=O)C2CCC(=O)N2)CCN1. The second-order valence-electron chi connectivity index (χ2n) is 3.77. The molecule has 15 heavy (non-hydrogen) atoms. The van der Waals surface area contributed by atoms with Crippen LogP contribution in [0, 0.1) is 0 Å². The quantitative estimate of drug-likeness (QED) is 0.538. The number of amides is 3. The van der Waals surface area contributed by atoms with Gasteiger partial charge in [-0.1, -0.05) is 0 Å². The average molecular weight is 211 g/mol. The first-order valence-electron chi connectivity index (χ1n) is 5.01. The van der Waals surface area contributed by atoms with Gasteiger partial charge in [0.2, 0.25) is 17.7 Å². The van der Waals surface area contributed by atoms with Crippen LogP contribution in [-0.4, -0.2) is 48.3 Å². The summed E-state index contributed by atoms with van der Waals surface area (Å²) in [5.41, 5.74) is 0. The summed E-state index contributed by atoms with van der Waals surface area (Å²) in [7, 11) is 0. The van der Waals surface area contributed by atoms with E-state index in [9.17, 15) is 14.4 Å². The van der Waals surface area contributed by atoms with E-state index in [1.807, 2.05) is 0 Å². The summed E-state index contributed by atoms with van der Waals surface area (Å²) < 4.78 is 0. The van der Waals surface area contributed by atoms with Crippen LogP contribution >= 0.6 is 0 Å². The number of nitrogens with one attached hydrogen (secondary N) is 2. The molecule has 0 aliphatic carbocycles. The third kappa shape index (κ3) is 2.08. The third-order valence-corrected chi connectivity index (χ3v) is 2.64. The van der Waals surface area contributed by atoms with E-state index >= 15 is 0 Å². The van der Waals surface area contributed by atoms with Crippen molar-refractivity contribution in [1.29, 1.82) is 0 Å². The maximum Gasteiger partial charge on any atom is 0.245 e. The van der Waals surface area contributed by atoms with E-state index in [2.05, 4.69) is 10.6 Å². The van der Waals surface area contributed by atoms with Crippen molar-refractivity contribution >= 4 is 17.7 Å². The smallest absolute Gasteiger partial charge is 0.245 e. The van der Waals surface area contributed by atoms with Crippen molar-refractivity contribution in [3.05, 3.63) is 0 Å². The van der Waals surface area contributed by atoms with Gasteiger partial charge in [-0.15, -0.1) is 0 Å². The molecule has 2 rings (SSSR count). The number of nitrogens with zero attached hydrogens (tertiary/aromatic N) is 1. The van der Waals surface area contributed by atoms with Gasteiger partial charge in [-0.05, 0) is 6.42 Å². The molecule has 0 aromatic carbocycles. The minimum Gasteiger partial charge on any atom is -0.353 e. The zero-order valence-corrected chi connectivity index (χ0v) is 8.28. The molecule has 82 valence electrons. The minimum atomic E-state index is -0.427. The summed E-state index contributed by atoms with van der Waals surface area (Å²) in [6.45, 7) is 1.12. The average Bonchev–Trinajstić information content (AvgIpc) is 2.64. The normalized spacial score (nSPS) is 26.1. The van der Waals surface area contributed by atoms with E-state index in [0.29, 0.717) is 25.9 Å². The minimum absolute atomic E-state index is 0.0881. The molecule has 2 aliphatic rings. The van der Waals surface area contributed by atoms with Gasteiger partial charge in [0.25, 0.3) is 0 Å². The molecular formula is C9H13N3O3. The van der Waals surface area contributed by atoms with Crippen LogP contribution in [0.5, 0.6) is 0 Å². The van der Waals surface area contributed by atoms with Crippen LogP contribution in [0.15, 0.2) is 0 Å². The number of hydrogen-bond donors (Lipinski definition) is 2. The van der Waals surface area contributed by atoms with Gasteiger partial charge in [-0.2, -0.15) is 0 Å². The van der Waals surface area contributed by atoms with E-state index < -0.39 is 6.04 Å². The Morgan fingerprint density at radius 1 is 1.33 bits per heavy atom. The lowest BCUT2D eigenvalue weighted by Crippen LogP contribution is -2.54. The van der Waals surface area contributed by atoms with E-state index in [-0.39, 0.29) is 24.3 Å². The molecule has 0 bridgehead atoms. The van der Waals surface area contributed by atoms with Gasteiger partial charge in [-0.3, -0.25) is 14.4 Å². The molecule has 0 aromatic rings. The van der Waals surface area contributed by atoms with Gasteiger partial charge < -0.3 is 15.5 Å². The van der Waals surface area contributed by atoms with Crippen molar-refractivity contribution in [3.63, 3.8) is 0 Å². The predicted molar refractivity (Wildman–Crippen MR) is 50.8 cm³/mol. The van der Waals surface area contributed by atoms with Crippen LogP contribution in [0.4, 0.5) is 0 Å². The standard InChI is InChI=1S/C9H13N3O3/c13-7-2-1-6(11-7)9(15)12-4-3-10-8(14)5-12/h6H,1-5H2,(H,10,14)(H,11,13). The second-order valence-corrected chi connectivity index (χ2v) is 3.77. The number of carbonyl (C=O) groups is 3. The van der Waals surface area contributed by atoms with Gasteiger partial charge in [0, 0.05) is 19.5 Å². The van der Waals surface area contributed by atoms with Gasteiger partial charge in [0.1, 0.15) is 6.04 Å². The molecule has 2 fully saturated rings. The van der Waals surface area contributed by atoms with Gasteiger partial charge in [0.05, 0.1) is 6.54 Å². The van der Waals surface area contributed by atoms with Gasteiger partial charge in [0.15, 0.2) is 0 Å². The topological polar surface area (TPSA) is 78.5 Å². The van der Waals surface area contributed by atoms with Crippen LogP contribution in [0.3, 0.4) is 0 Å². The Hall–Kier alpha value is -1.59. The number of piperazine rings is 1. The molecule has 1 unspecified atom stereocenters. The molecule has 2 aliphatic heterocycles. The molecule has 2 heterocycles. The highest BCUT2D eigenvalue weighted by Gasteiger charge is 2.32. The first-order chi connectivity index (χ1) is 7.16. The lowest BCUT2D eigenvalue weighted by atomic mass is 10.2. The molecule has 6 nitrogen and oxygen atoms in total. The summed E-state index contributed by atoms with van der Waals surface area (Å²) in [4.78, 5) is 35.3. The van der Waals surface area contributed by atoms with Crippen LogP contribution in [-0.2, 0) is 14.4 Å². The van der Waals surface area contributed by atoms with E-state index in [1.165, 1.54) is 4.90 Å². The maximum absolute atomic E-state index is 11.8. The molecule has 2 saturated heterocycles. The molecule has 1 atom stereocenters. The Kier molecular flexibility index (Phi) is 2.57. The van der Waals surface area contributed by atoms with E-state index in [1.54, 1.807) is 0 Å². The Morgan fingerprint density at radius 2 is 2.13 bits per heavy atom. The summed E-state index contributed by atoms with van der Waals surface area (Å²) in [6, 6.07) is -0.427. The first kappa shape index (κ1) is 9.95. The second kappa shape index (κ2) is 3.88. The van der Waals surface area contributed by atoms with Gasteiger partial charge >= 0.3 is 0 Å². The fourth-order valence-electron chi connectivity index (χ4n) is 1.85. The number of rotatable bonds is 1. The van der Waals surface area contributed by atoms with E-state index in [4.69, 9.17) is 0 Å². The van der Waals surface area contributed by atoms with Gasteiger partial charge in [-0.25, -0.2) is 0 Å². The summed E-state index contributed by atoms with van der Waals surface area (Å²) in [6.07, 6.45) is 0.937. The lowest BCUT2D eigenvalue weighted by molar-refractivity contribution is -0.140. The fraction of sp³-hybridized carbons (Fsp3) is 0.667. The maximum atomic E-state index is 11.8. The molecule has 2 N–H and O–H groups in total. The van der Waals surface area contributed by atoms with Crippen molar-refractivity contribution in [2.24, 2.45) is 0 Å². The molecule has 3 amide bonds. The van der Waals surface area contributed by atoms with Crippen molar-refractivity contribution in [2.45, 2.75) is 18.9 Å². The molecule has 0 saturated carbocycles. The highest BCUT2D eigenvalue weighted by molar-refractivity contribution is 5.93. The zero-order chi connectivity index (χ0) is 10.8. The monoisotopic (exact) mass is 211 g/mol. The lowest BCUT2D eigenvalue weighted by Gasteiger charge is -2.28. The van der Waals surface area contributed by atoms with E-state index in [0.717, 1.165) is 0 Å². The van der Waals surface area contributed by atoms with Crippen LogP contribution in [0.2, 0.25) is 0 Å². The van der Waals surface area contributed by atoms with Crippen LogP contribution in [0.25, 0.3) is 0 Å². The summed E-state index contributed by atoms with van der Waals surface area (Å²) in [5.74, 6) is -0.371. The molecular weight excluding hydrogens is 198 g/mol. The first-order valence-corrected chi connectivity index (χ1v) is 5.01. The van der Waals surface area contributed by atoms with Crippen molar-refractivity contribution < 1.29 is 14.4 Å². The zero-order valence-electron chi connectivity index (χ0n) is 8.28. The Labute approximate surface area is 87.0 Å². The summed E-state index contributed by atoms with van der Waals surface area (Å²) >= 11 is 0. The Balaban J connectivity index is 1.95. The Bertz CT molecular complexity index is 316. The number of carbonyl (C=O) groups excluding carboxylic acids is 3.